The van der Waals surface area contributed by atoms with Crippen molar-refractivity contribution in [3.63, 3.8) is 0 Å². The van der Waals surface area contributed by atoms with E-state index in [4.69, 9.17) is 9.47 Å². The Balaban J connectivity index is 1.64. The van der Waals surface area contributed by atoms with Crippen LogP contribution in [0.25, 0.3) is 0 Å². The zero-order chi connectivity index (χ0) is 17.5. The SMILES string of the molecule is CCOc1ccc(NC(=O)Nc2ccccc2N2CCOCC2)cc1. The highest BCUT2D eigenvalue weighted by molar-refractivity contribution is 6.01. The Morgan fingerprint density at radius 1 is 1.08 bits per heavy atom. The molecule has 1 aliphatic heterocycles. The standard InChI is InChI=1S/C19H23N3O3/c1-2-25-16-9-7-15(8-10-16)20-19(23)21-17-5-3-4-6-18(17)22-11-13-24-14-12-22/h3-10H,2,11-14H2,1H3,(H2,20,21,23). The third kappa shape index (κ3) is 4.64. The molecule has 1 aliphatic rings. The first-order valence-electron chi connectivity index (χ1n) is 8.49. The van der Waals surface area contributed by atoms with E-state index >= 15 is 0 Å². The molecule has 2 aromatic carbocycles. The summed E-state index contributed by atoms with van der Waals surface area (Å²) in [6.07, 6.45) is 0. The number of benzene rings is 2. The van der Waals surface area contributed by atoms with Gasteiger partial charge in [0.25, 0.3) is 0 Å². The van der Waals surface area contributed by atoms with Crippen molar-refractivity contribution in [2.24, 2.45) is 0 Å². The van der Waals surface area contributed by atoms with E-state index in [1.807, 2.05) is 55.5 Å². The summed E-state index contributed by atoms with van der Waals surface area (Å²) in [5.74, 6) is 0.783. The lowest BCUT2D eigenvalue weighted by Gasteiger charge is -2.30. The molecule has 0 aromatic heterocycles. The van der Waals surface area contributed by atoms with Crippen molar-refractivity contribution in [2.45, 2.75) is 6.92 Å². The molecule has 0 atom stereocenters. The van der Waals surface area contributed by atoms with Crippen LogP contribution in [0.1, 0.15) is 6.92 Å². The first kappa shape index (κ1) is 17.1. The van der Waals surface area contributed by atoms with Crippen LogP contribution < -0.4 is 20.3 Å². The van der Waals surface area contributed by atoms with Gasteiger partial charge < -0.3 is 25.0 Å². The van der Waals surface area contributed by atoms with Gasteiger partial charge in [-0.3, -0.25) is 0 Å². The van der Waals surface area contributed by atoms with Crippen LogP contribution in [0.2, 0.25) is 0 Å². The molecule has 0 unspecified atom stereocenters. The van der Waals surface area contributed by atoms with E-state index in [-0.39, 0.29) is 6.03 Å². The van der Waals surface area contributed by atoms with E-state index in [0.717, 1.165) is 30.2 Å². The van der Waals surface area contributed by atoms with Crippen molar-refractivity contribution in [3.05, 3.63) is 48.5 Å². The largest absolute Gasteiger partial charge is 0.494 e. The number of nitrogens with zero attached hydrogens (tertiary/aromatic N) is 1. The number of nitrogens with one attached hydrogen (secondary N) is 2. The van der Waals surface area contributed by atoms with E-state index in [0.29, 0.717) is 25.5 Å². The van der Waals surface area contributed by atoms with Crippen molar-refractivity contribution < 1.29 is 14.3 Å². The number of rotatable bonds is 5. The quantitative estimate of drug-likeness (QED) is 0.873. The molecule has 2 N–H and O–H groups in total. The number of hydrogen-bond donors (Lipinski definition) is 2. The highest BCUT2D eigenvalue weighted by Gasteiger charge is 2.15. The molecular formula is C19H23N3O3. The number of morpholine rings is 1. The number of carbonyl (C=O) groups is 1. The third-order valence-electron chi connectivity index (χ3n) is 3.93. The first-order valence-corrected chi connectivity index (χ1v) is 8.49. The van der Waals surface area contributed by atoms with Gasteiger partial charge in [-0.2, -0.15) is 0 Å². The Morgan fingerprint density at radius 3 is 2.52 bits per heavy atom. The maximum Gasteiger partial charge on any atom is 0.323 e. The number of hydrogen-bond acceptors (Lipinski definition) is 4. The van der Waals surface area contributed by atoms with E-state index in [1.54, 1.807) is 0 Å². The second-order valence-electron chi connectivity index (χ2n) is 5.65. The van der Waals surface area contributed by atoms with Crippen LogP contribution in [-0.4, -0.2) is 38.9 Å². The van der Waals surface area contributed by atoms with Crippen LogP contribution in [0, 0.1) is 0 Å². The van der Waals surface area contributed by atoms with Crippen LogP contribution >= 0.6 is 0 Å². The molecule has 2 amide bonds. The van der Waals surface area contributed by atoms with Crippen molar-refractivity contribution >= 4 is 23.1 Å². The maximum atomic E-state index is 12.3. The molecule has 0 spiro atoms. The Labute approximate surface area is 147 Å². The van der Waals surface area contributed by atoms with Crippen LogP contribution in [0.4, 0.5) is 21.9 Å². The number of anilines is 3. The lowest BCUT2D eigenvalue weighted by Crippen LogP contribution is -2.36. The Hall–Kier alpha value is -2.73. The van der Waals surface area contributed by atoms with Crippen LogP contribution in [0.3, 0.4) is 0 Å². The second kappa shape index (κ2) is 8.39. The molecule has 132 valence electrons. The molecular weight excluding hydrogens is 318 g/mol. The van der Waals surface area contributed by atoms with Crippen molar-refractivity contribution in [3.8, 4) is 5.75 Å². The molecule has 6 nitrogen and oxygen atoms in total. The van der Waals surface area contributed by atoms with E-state index < -0.39 is 0 Å². The number of ether oxygens (including phenoxy) is 2. The van der Waals surface area contributed by atoms with E-state index in [1.165, 1.54) is 0 Å². The van der Waals surface area contributed by atoms with Gasteiger partial charge in [-0.05, 0) is 43.3 Å². The van der Waals surface area contributed by atoms with Gasteiger partial charge in [0, 0.05) is 18.8 Å². The molecule has 0 saturated carbocycles. The van der Waals surface area contributed by atoms with Gasteiger partial charge in [0.1, 0.15) is 5.75 Å². The summed E-state index contributed by atoms with van der Waals surface area (Å²) in [5.41, 5.74) is 2.50. The lowest BCUT2D eigenvalue weighted by atomic mass is 10.2. The van der Waals surface area contributed by atoms with Gasteiger partial charge in [0.15, 0.2) is 0 Å². The number of urea groups is 1. The summed E-state index contributed by atoms with van der Waals surface area (Å²) in [5, 5.41) is 5.77. The second-order valence-corrected chi connectivity index (χ2v) is 5.65. The van der Waals surface area contributed by atoms with Crippen LogP contribution in [0.15, 0.2) is 48.5 Å². The summed E-state index contributed by atoms with van der Waals surface area (Å²) >= 11 is 0. The minimum Gasteiger partial charge on any atom is -0.494 e. The summed E-state index contributed by atoms with van der Waals surface area (Å²) in [7, 11) is 0. The lowest BCUT2D eigenvalue weighted by molar-refractivity contribution is 0.123. The molecule has 1 heterocycles. The minimum atomic E-state index is -0.273. The Kier molecular flexibility index (Phi) is 5.74. The smallest absolute Gasteiger partial charge is 0.323 e. The maximum absolute atomic E-state index is 12.3. The van der Waals surface area contributed by atoms with Crippen LogP contribution in [-0.2, 0) is 4.74 Å². The van der Waals surface area contributed by atoms with Crippen molar-refractivity contribution in [1.82, 2.24) is 0 Å². The molecule has 0 aliphatic carbocycles. The van der Waals surface area contributed by atoms with E-state index in [9.17, 15) is 4.79 Å². The average molecular weight is 341 g/mol. The van der Waals surface area contributed by atoms with Crippen LogP contribution in [0.5, 0.6) is 5.75 Å². The molecule has 25 heavy (non-hydrogen) atoms. The molecule has 1 fully saturated rings. The predicted octanol–water partition coefficient (Wildman–Crippen LogP) is 3.57. The number of amides is 2. The average Bonchev–Trinajstić information content (AvgIpc) is 2.65. The monoisotopic (exact) mass is 341 g/mol. The fraction of sp³-hybridized carbons (Fsp3) is 0.316. The summed E-state index contributed by atoms with van der Waals surface area (Å²) in [6.45, 7) is 5.59. The third-order valence-corrected chi connectivity index (χ3v) is 3.93. The van der Waals surface area contributed by atoms with Gasteiger partial charge in [0.2, 0.25) is 0 Å². The minimum absolute atomic E-state index is 0.273. The van der Waals surface area contributed by atoms with E-state index in [2.05, 4.69) is 15.5 Å². The molecule has 2 aromatic rings. The molecule has 0 radical (unpaired) electrons. The summed E-state index contributed by atoms with van der Waals surface area (Å²) in [6, 6.07) is 14.8. The number of para-hydroxylation sites is 2. The zero-order valence-corrected chi connectivity index (χ0v) is 14.3. The van der Waals surface area contributed by atoms with Gasteiger partial charge in [-0.15, -0.1) is 0 Å². The normalized spacial score (nSPS) is 14.0. The first-order chi connectivity index (χ1) is 12.3. The van der Waals surface area contributed by atoms with Crippen molar-refractivity contribution in [1.29, 1.82) is 0 Å². The topological polar surface area (TPSA) is 62.8 Å². The molecule has 3 rings (SSSR count). The van der Waals surface area contributed by atoms with Crippen molar-refractivity contribution in [2.75, 3.05) is 48.4 Å². The summed E-state index contributed by atoms with van der Waals surface area (Å²) in [4.78, 5) is 14.5. The predicted molar refractivity (Wildman–Crippen MR) is 99.7 cm³/mol. The summed E-state index contributed by atoms with van der Waals surface area (Å²) < 4.78 is 10.8. The van der Waals surface area contributed by atoms with Gasteiger partial charge in [0.05, 0.1) is 31.2 Å². The Bertz CT molecular complexity index is 697. The number of carbonyl (C=O) groups excluding carboxylic acids is 1. The fourth-order valence-electron chi connectivity index (χ4n) is 2.75. The van der Waals surface area contributed by atoms with Gasteiger partial charge in [-0.1, -0.05) is 12.1 Å². The Morgan fingerprint density at radius 2 is 1.80 bits per heavy atom. The molecule has 1 saturated heterocycles. The molecule has 0 bridgehead atoms. The fourth-order valence-corrected chi connectivity index (χ4v) is 2.75. The van der Waals surface area contributed by atoms with Gasteiger partial charge >= 0.3 is 6.03 Å². The zero-order valence-electron chi connectivity index (χ0n) is 14.3. The molecule has 6 heteroatoms. The highest BCUT2D eigenvalue weighted by Crippen LogP contribution is 2.26. The van der Waals surface area contributed by atoms with Gasteiger partial charge in [-0.25, -0.2) is 4.79 Å². The highest BCUT2D eigenvalue weighted by atomic mass is 16.5.